The van der Waals surface area contributed by atoms with Gasteiger partial charge in [0.15, 0.2) is 0 Å². The van der Waals surface area contributed by atoms with Gasteiger partial charge in [-0.05, 0) is 31.2 Å². The van der Waals surface area contributed by atoms with Crippen molar-refractivity contribution in [1.29, 1.82) is 0 Å². The molecule has 19 heavy (non-hydrogen) atoms. The first-order valence-electron chi connectivity index (χ1n) is 5.90. The Morgan fingerprint density at radius 3 is 2.79 bits per heavy atom. The molecule has 3 N–H and O–H groups in total. The second-order valence-corrected chi connectivity index (χ2v) is 4.37. The minimum absolute atomic E-state index is 0.0193. The molecular weight excluding hydrogens is 259 g/mol. The van der Waals surface area contributed by atoms with Crippen LogP contribution >= 0.6 is 0 Å². The maximum atomic E-state index is 12.5. The van der Waals surface area contributed by atoms with Gasteiger partial charge in [0.2, 0.25) is 0 Å². The smallest absolute Gasteiger partial charge is 0.334 e. The number of nitrogens with one attached hydrogen (secondary N) is 3. The number of carbonyl (C=O) groups is 1. The Balaban J connectivity index is 1.96. The number of hydrogen-bond acceptors (Lipinski definition) is 2. The monoisotopic (exact) mass is 273 g/mol. The minimum atomic E-state index is -4.41. The maximum absolute atomic E-state index is 12.5. The number of amides is 2. The van der Waals surface area contributed by atoms with E-state index in [1.165, 1.54) is 12.1 Å². The quantitative estimate of drug-likeness (QED) is 0.773. The van der Waals surface area contributed by atoms with Gasteiger partial charge in [-0.3, -0.25) is 0 Å². The van der Waals surface area contributed by atoms with Crippen molar-refractivity contribution in [3.8, 4) is 0 Å². The minimum Gasteiger partial charge on any atom is -0.334 e. The number of urea groups is 1. The molecular formula is C12H14F3N3O. The molecule has 1 saturated heterocycles. The summed E-state index contributed by atoms with van der Waals surface area (Å²) >= 11 is 0. The molecule has 0 aromatic heterocycles. The lowest BCUT2D eigenvalue weighted by atomic mass is 10.2. The first-order chi connectivity index (χ1) is 8.95. The second-order valence-electron chi connectivity index (χ2n) is 4.37. The molecule has 1 unspecified atom stereocenters. The maximum Gasteiger partial charge on any atom is 0.416 e. The van der Waals surface area contributed by atoms with Gasteiger partial charge < -0.3 is 16.0 Å². The summed E-state index contributed by atoms with van der Waals surface area (Å²) in [5, 5.41) is 8.17. The van der Waals surface area contributed by atoms with Crippen LogP contribution in [0.2, 0.25) is 0 Å². The number of halogens is 3. The molecule has 0 radical (unpaired) electrons. The SMILES string of the molecule is O=C(Nc1cccc(C(F)(F)F)c1)NC1CCNC1. The van der Waals surface area contributed by atoms with Crippen molar-refractivity contribution in [2.24, 2.45) is 0 Å². The van der Waals surface area contributed by atoms with Crippen molar-refractivity contribution in [3.63, 3.8) is 0 Å². The summed E-state index contributed by atoms with van der Waals surface area (Å²) in [4.78, 5) is 11.6. The van der Waals surface area contributed by atoms with Crippen LogP contribution in [0.1, 0.15) is 12.0 Å². The molecule has 2 amide bonds. The zero-order valence-electron chi connectivity index (χ0n) is 10.1. The third-order valence-corrected chi connectivity index (χ3v) is 2.84. The lowest BCUT2D eigenvalue weighted by Gasteiger charge is -2.13. The molecule has 0 aliphatic carbocycles. The molecule has 0 bridgehead atoms. The third-order valence-electron chi connectivity index (χ3n) is 2.84. The summed E-state index contributed by atoms with van der Waals surface area (Å²) in [5.41, 5.74) is -0.661. The fourth-order valence-electron chi connectivity index (χ4n) is 1.90. The Morgan fingerprint density at radius 2 is 2.16 bits per heavy atom. The van der Waals surface area contributed by atoms with Gasteiger partial charge in [-0.15, -0.1) is 0 Å². The van der Waals surface area contributed by atoms with E-state index >= 15 is 0 Å². The first kappa shape index (κ1) is 13.7. The van der Waals surface area contributed by atoms with Crippen molar-refractivity contribution < 1.29 is 18.0 Å². The van der Waals surface area contributed by atoms with Crippen molar-refractivity contribution in [1.82, 2.24) is 10.6 Å². The Labute approximate surface area is 108 Å². The Hall–Kier alpha value is -1.76. The van der Waals surface area contributed by atoms with E-state index in [0.29, 0.717) is 6.54 Å². The molecule has 2 rings (SSSR count). The van der Waals surface area contributed by atoms with E-state index in [4.69, 9.17) is 0 Å². The molecule has 1 aliphatic rings. The summed E-state index contributed by atoms with van der Waals surface area (Å²) in [7, 11) is 0. The van der Waals surface area contributed by atoms with Crippen molar-refractivity contribution in [2.45, 2.75) is 18.6 Å². The van der Waals surface area contributed by atoms with E-state index in [9.17, 15) is 18.0 Å². The summed E-state index contributed by atoms with van der Waals surface area (Å²) in [6, 6.07) is 4.08. The molecule has 104 valence electrons. The average Bonchev–Trinajstić information content (AvgIpc) is 2.80. The van der Waals surface area contributed by atoms with E-state index in [0.717, 1.165) is 25.1 Å². The number of carbonyl (C=O) groups excluding carboxylic acids is 1. The summed E-state index contributed by atoms with van der Waals surface area (Å²) in [6.07, 6.45) is -3.60. The van der Waals surface area contributed by atoms with Crippen molar-refractivity contribution in [3.05, 3.63) is 29.8 Å². The van der Waals surface area contributed by atoms with Crippen LogP contribution in [-0.4, -0.2) is 25.2 Å². The number of benzene rings is 1. The highest BCUT2D eigenvalue weighted by atomic mass is 19.4. The highest BCUT2D eigenvalue weighted by Gasteiger charge is 2.30. The van der Waals surface area contributed by atoms with Crippen LogP contribution in [0.5, 0.6) is 0 Å². The Morgan fingerprint density at radius 1 is 1.37 bits per heavy atom. The van der Waals surface area contributed by atoms with Gasteiger partial charge in [-0.2, -0.15) is 13.2 Å². The summed E-state index contributed by atoms with van der Waals surface area (Å²) in [6.45, 7) is 1.50. The van der Waals surface area contributed by atoms with Crippen LogP contribution in [-0.2, 0) is 6.18 Å². The van der Waals surface area contributed by atoms with Crippen LogP contribution in [0, 0.1) is 0 Å². The molecule has 1 aromatic carbocycles. The van der Waals surface area contributed by atoms with Crippen LogP contribution in [0.4, 0.5) is 23.7 Å². The van der Waals surface area contributed by atoms with E-state index in [1.54, 1.807) is 0 Å². The van der Waals surface area contributed by atoms with Crippen LogP contribution in [0.3, 0.4) is 0 Å². The first-order valence-corrected chi connectivity index (χ1v) is 5.90. The Kier molecular flexibility index (Phi) is 3.94. The molecule has 1 heterocycles. The average molecular weight is 273 g/mol. The topological polar surface area (TPSA) is 53.2 Å². The lowest BCUT2D eigenvalue weighted by Crippen LogP contribution is -2.39. The fourth-order valence-corrected chi connectivity index (χ4v) is 1.90. The summed E-state index contributed by atoms with van der Waals surface area (Å²) < 4.78 is 37.5. The number of alkyl halides is 3. The van der Waals surface area contributed by atoms with Gasteiger partial charge in [0.1, 0.15) is 0 Å². The zero-order valence-corrected chi connectivity index (χ0v) is 10.1. The lowest BCUT2D eigenvalue weighted by molar-refractivity contribution is -0.137. The zero-order chi connectivity index (χ0) is 13.9. The normalized spacial score (nSPS) is 19.2. The Bertz CT molecular complexity index is 456. The van der Waals surface area contributed by atoms with Gasteiger partial charge in [-0.25, -0.2) is 4.79 Å². The predicted molar refractivity (Wildman–Crippen MR) is 64.9 cm³/mol. The second kappa shape index (κ2) is 5.48. The molecule has 1 fully saturated rings. The molecule has 0 saturated carbocycles. The standard InChI is InChI=1S/C12H14F3N3O/c13-12(14,15)8-2-1-3-9(6-8)17-11(19)18-10-4-5-16-7-10/h1-3,6,10,16H,4-5,7H2,(H2,17,18,19). The largest absolute Gasteiger partial charge is 0.416 e. The van der Waals surface area contributed by atoms with Gasteiger partial charge in [0, 0.05) is 18.3 Å². The van der Waals surface area contributed by atoms with E-state index in [-0.39, 0.29) is 11.7 Å². The van der Waals surface area contributed by atoms with E-state index < -0.39 is 17.8 Å². The number of hydrogen-bond donors (Lipinski definition) is 3. The predicted octanol–water partition coefficient (Wildman–Crippen LogP) is 2.19. The van der Waals surface area contributed by atoms with Gasteiger partial charge in [0.25, 0.3) is 0 Å². The molecule has 1 aromatic rings. The number of rotatable bonds is 2. The van der Waals surface area contributed by atoms with E-state index in [1.807, 2.05) is 0 Å². The highest BCUT2D eigenvalue weighted by molar-refractivity contribution is 5.89. The highest BCUT2D eigenvalue weighted by Crippen LogP contribution is 2.30. The molecule has 7 heteroatoms. The van der Waals surface area contributed by atoms with E-state index in [2.05, 4.69) is 16.0 Å². The van der Waals surface area contributed by atoms with Crippen LogP contribution in [0.25, 0.3) is 0 Å². The molecule has 1 aliphatic heterocycles. The molecule has 4 nitrogen and oxygen atoms in total. The van der Waals surface area contributed by atoms with Crippen LogP contribution in [0.15, 0.2) is 24.3 Å². The van der Waals surface area contributed by atoms with Gasteiger partial charge in [0.05, 0.1) is 5.56 Å². The third kappa shape index (κ3) is 3.85. The number of anilines is 1. The molecule has 0 spiro atoms. The van der Waals surface area contributed by atoms with Crippen LogP contribution < -0.4 is 16.0 Å². The molecule has 1 atom stereocenters. The van der Waals surface area contributed by atoms with Crippen molar-refractivity contribution >= 4 is 11.7 Å². The fraction of sp³-hybridized carbons (Fsp3) is 0.417. The van der Waals surface area contributed by atoms with Gasteiger partial charge >= 0.3 is 12.2 Å². The summed E-state index contributed by atoms with van der Waals surface area (Å²) in [5.74, 6) is 0. The van der Waals surface area contributed by atoms with Crippen molar-refractivity contribution in [2.75, 3.05) is 18.4 Å². The van der Waals surface area contributed by atoms with Gasteiger partial charge in [-0.1, -0.05) is 6.07 Å².